The molecule has 0 heterocycles. The number of nitrogens with one attached hydrogen (secondary N) is 1. The van der Waals surface area contributed by atoms with E-state index in [1.54, 1.807) is 12.1 Å². The van der Waals surface area contributed by atoms with Crippen molar-refractivity contribution < 1.29 is 29.0 Å². The lowest BCUT2D eigenvalue weighted by Gasteiger charge is -2.11. The molecule has 0 spiro atoms. The first-order valence-electron chi connectivity index (χ1n) is 10.3. The van der Waals surface area contributed by atoms with Gasteiger partial charge >= 0.3 is 11.9 Å². The maximum Gasteiger partial charge on any atom is 0.337 e. The molecule has 0 saturated heterocycles. The maximum atomic E-state index is 12.6. The van der Waals surface area contributed by atoms with Crippen LogP contribution in [-0.4, -0.2) is 30.1 Å². The number of carboxylic acids is 1. The number of carbonyl (C=O) groups is 3. The lowest BCUT2D eigenvalue weighted by molar-refractivity contribution is -0.112. The van der Waals surface area contributed by atoms with Gasteiger partial charge in [0.2, 0.25) is 0 Å². The fraction of sp³-hybridized carbons (Fsp3) is 0.0769. The number of nitrogens with zero attached hydrogens (tertiary/aromatic N) is 1. The second-order valence-corrected chi connectivity index (χ2v) is 8.11. The summed E-state index contributed by atoms with van der Waals surface area (Å²) in [5.74, 6) is -2.01. The number of anilines is 1. The SMILES string of the molecule is COC(=O)c1ccc(NC(=O)/C(C#N)=C/c2cc(Cl)c(OCc3ccc(C(=O)O)cc3)c(Cl)c2)cc1. The third-order valence-electron chi connectivity index (χ3n) is 4.84. The predicted molar refractivity (Wildman–Crippen MR) is 134 cm³/mol. The molecule has 10 heteroatoms. The Labute approximate surface area is 216 Å². The van der Waals surface area contributed by atoms with Gasteiger partial charge in [0, 0.05) is 5.69 Å². The topological polar surface area (TPSA) is 126 Å². The van der Waals surface area contributed by atoms with Crippen molar-refractivity contribution in [2.75, 3.05) is 12.4 Å². The molecule has 0 bridgehead atoms. The normalized spacial score (nSPS) is 10.8. The van der Waals surface area contributed by atoms with Gasteiger partial charge in [-0.1, -0.05) is 35.3 Å². The van der Waals surface area contributed by atoms with Gasteiger partial charge in [0.05, 0.1) is 28.3 Å². The molecule has 3 rings (SSSR count). The number of methoxy groups -OCH3 is 1. The number of aromatic carboxylic acids is 1. The summed E-state index contributed by atoms with van der Waals surface area (Å²) in [5.41, 5.74) is 1.75. The molecule has 3 aromatic rings. The van der Waals surface area contributed by atoms with Crippen molar-refractivity contribution >= 4 is 52.8 Å². The number of carbonyl (C=O) groups excluding carboxylic acids is 2. The van der Waals surface area contributed by atoms with E-state index in [-0.39, 0.29) is 33.5 Å². The fourth-order valence-corrected chi connectivity index (χ4v) is 3.63. The van der Waals surface area contributed by atoms with E-state index in [0.29, 0.717) is 22.4 Å². The number of esters is 1. The smallest absolute Gasteiger partial charge is 0.337 e. The van der Waals surface area contributed by atoms with Crippen LogP contribution in [0.15, 0.2) is 66.2 Å². The van der Waals surface area contributed by atoms with Gasteiger partial charge in [-0.3, -0.25) is 4.79 Å². The zero-order valence-corrected chi connectivity index (χ0v) is 20.3. The van der Waals surface area contributed by atoms with Gasteiger partial charge < -0.3 is 19.9 Å². The summed E-state index contributed by atoms with van der Waals surface area (Å²) >= 11 is 12.6. The number of hydrogen-bond donors (Lipinski definition) is 2. The number of amides is 1. The van der Waals surface area contributed by atoms with Crippen LogP contribution in [0, 0.1) is 11.3 Å². The Bertz CT molecular complexity index is 1350. The summed E-state index contributed by atoms with van der Waals surface area (Å²) in [6.45, 7) is 0.0924. The van der Waals surface area contributed by atoms with Gasteiger partial charge in [-0.05, 0) is 65.7 Å². The Morgan fingerprint density at radius 2 is 1.58 bits per heavy atom. The molecule has 3 aromatic carbocycles. The van der Waals surface area contributed by atoms with E-state index in [1.807, 2.05) is 6.07 Å². The molecule has 0 aliphatic heterocycles. The molecular weight excluding hydrogens is 507 g/mol. The summed E-state index contributed by atoms with van der Waals surface area (Å²) in [6, 6.07) is 16.9. The quantitative estimate of drug-likeness (QED) is 0.223. The van der Waals surface area contributed by atoms with Crippen LogP contribution in [0.5, 0.6) is 5.75 Å². The van der Waals surface area contributed by atoms with Crippen LogP contribution in [0.1, 0.15) is 31.8 Å². The van der Waals surface area contributed by atoms with Crippen LogP contribution < -0.4 is 10.1 Å². The Morgan fingerprint density at radius 1 is 1.00 bits per heavy atom. The van der Waals surface area contributed by atoms with Crippen LogP contribution in [-0.2, 0) is 16.1 Å². The summed E-state index contributed by atoms with van der Waals surface area (Å²) < 4.78 is 10.3. The third kappa shape index (κ3) is 6.63. The van der Waals surface area contributed by atoms with Crippen molar-refractivity contribution in [1.82, 2.24) is 0 Å². The Balaban J connectivity index is 1.72. The van der Waals surface area contributed by atoms with Crippen LogP contribution in [0.25, 0.3) is 6.08 Å². The molecule has 0 aliphatic rings. The van der Waals surface area contributed by atoms with Crippen LogP contribution >= 0.6 is 23.2 Å². The minimum atomic E-state index is -1.03. The molecule has 0 aromatic heterocycles. The molecule has 0 saturated carbocycles. The summed E-state index contributed by atoms with van der Waals surface area (Å²) in [6.07, 6.45) is 1.32. The van der Waals surface area contributed by atoms with Crippen LogP contribution in [0.2, 0.25) is 10.0 Å². The van der Waals surface area contributed by atoms with Crippen molar-refractivity contribution in [2.45, 2.75) is 6.61 Å². The Kier molecular flexibility index (Phi) is 8.68. The van der Waals surface area contributed by atoms with Crippen molar-refractivity contribution in [3.05, 3.63) is 98.5 Å². The van der Waals surface area contributed by atoms with Crippen LogP contribution in [0.3, 0.4) is 0 Å². The molecule has 182 valence electrons. The van der Waals surface area contributed by atoms with Crippen molar-refractivity contribution in [2.24, 2.45) is 0 Å². The van der Waals surface area contributed by atoms with Gasteiger partial charge in [-0.15, -0.1) is 0 Å². The molecule has 0 aliphatic carbocycles. The molecule has 36 heavy (non-hydrogen) atoms. The summed E-state index contributed by atoms with van der Waals surface area (Å²) in [5, 5.41) is 21.3. The summed E-state index contributed by atoms with van der Waals surface area (Å²) in [4.78, 5) is 35.0. The van der Waals surface area contributed by atoms with Crippen molar-refractivity contribution in [1.29, 1.82) is 5.26 Å². The second-order valence-electron chi connectivity index (χ2n) is 7.30. The zero-order chi connectivity index (χ0) is 26.2. The molecule has 0 unspecified atom stereocenters. The number of rotatable bonds is 8. The summed E-state index contributed by atoms with van der Waals surface area (Å²) in [7, 11) is 1.26. The average molecular weight is 525 g/mol. The third-order valence-corrected chi connectivity index (χ3v) is 5.41. The monoisotopic (exact) mass is 524 g/mol. The van der Waals surface area contributed by atoms with Crippen molar-refractivity contribution in [3.63, 3.8) is 0 Å². The standard InChI is InChI=1S/C26H18Cl2N2O6/c1-35-26(34)18-6-8-20(9-7-18)30-24(31)19(13-29)10-16-11-21(27)23(22(28)12-16)36-14-15-2-4-17(5-3-15)25(32)33/h2-12H,14H2,1H3,(H,30,31)(H,32,33)/b19-10+. The highest BCUT2D eigenvalue weighted by Gasteiger charge is 2.14. The van der Waals surface area contributed by atoms with Crippen molar-refractivity contribution in [3.8, 4) is 11.8 Å². The Hall–Kier alpha value is -4.32. The fourth-order valence-electron chi connectivity index (χ4n) is 3.02. The minimum absolute atomic E-state index is 0.0924. The lowest BCUT2D eigenvalue weighted by atomic mass is 10.1. The number of hydrogen-bond acceptors (Lipinski definition) is 6. The molecule has 0 atom stereocenters. The number of nitriles is 1. The van der Waals surface area contributed by atoms with Gasteiger partial charge in [0.25, 0.3) is 5.91 Å². The maximum absolute atomic E-state index is 12.6. The number of carboxylic acid groups (broad SMARTS) is 1. The first-order valence-corrected chi connectivity index (χ1v) is 11.0. The first-order chi connectivity index (χ1) is 17.2. The van der Waals surface area contributed by atoms with Crippen LogP contribution in [0.4, 0.5) is 5.69 Å². The molecule has 2 N–H and O–H groups in total. The first kappa shape index (κ1) is 26.3. The lowest BCUT2D eigenvalue weighted by Crippen LogP contribution is -2.13. The van der Waals surface area contributed by atoms with E-state index in [0.717, 1.165) is 0 Å². The number of ether oxygens (including phenoxy) is 2. The Morgan fingerprint density at radius 3 is 2.11 bits per heavy atom. The van der Waals surface area contributed by atoms with E-state index in [4.69, 9.17) is 33.0 Å². The second kappa shape index (κ2) is 11.9. The van der Waals surface area contributed by atoms with Gasteiger partial charge in [-0.2, -0.15) is 5.26 Å². The molecule has 0 radical (unpaired) electrons. The van der Waals surface area contributed by atoms with E-state index < -0.39 is 17.8 Å². The van der Waals surface area contributed by atoms with Gasteiger partial charge in [-0.25, -0.2) is 9.59 Å². The van der Waals surface area contributed by atoms with Gasteiger partial charge in [0.1, 0.15) is 18.2 Å². The number of benzene rings is 3. The minimum Gasteiger partial charge on any atom is -0.486 e. The highest BCUT2D eigenvalue weighted by atomic mass is 35.5. The zero-order valence-electron chi connectivity index (χ0n) is 18.7. The van der Waals surface area contributed by atoms with E-state index in [1.165, 1.54) is 61.7 Å². The van der Waals surface area contributed by atoms with Gasteiger partial charge in [0.15, 0.2) is 5.75 Å². The number of halogens is 2. The van der Waals surface area contributed by atoms with E-state index in [2.05, 4.69) is 10.1 Å². The molecule has 8 nitrogen and oxygen atoms in total. The highest BCUT2D eigenvalue weighted by molar-refractivity contribution is 6.37. The molecule has 0 fully saturated rings. The highest BCUT2D eigenvalue weighted by Crippen LogP contribution is 2.35. The molecular formula is C26H18Cl2N2O6. The van der Waals surface area contributed by atoms with E-state index in [9.17, 15) is 19.6 Å². The predicted octanol–water partition coefficient (Wildman–Crippen LogP) is 5.60. The average Bonchev–Trinajstić information content (AvgIpc) is 2.87. The van der Waals surface area contributed by atoms with E-state index >= 15 is 0 Å². The molecule has 1 amide bonds. The largest absolute Gasteiger partial charge is 0.486 e.